The maximum Gasteiger partial charge on any atom is 0.471 e. The molecule has 0 aliphatic carbocycles. The van der Waals surface area contributed by atoms with Crippen LogP contribution >= 0.6 is 0 Å². The molecule has 0 bridgehead atoms. The fourth-order valence-electron chi connectivity index (χ4n) is 3.19. The first-order chi connectivity index (χ1) is 12.8. The zero-order valence-corrected chi connectivity index (χ0v) is 14.3. The summed E-state index contributed by atoms with van der Waals surface area (Å²) in [7, 11) is 0. The highest BCUT2D eigenvalue weighted by molar-refractivity contribution is 5.99. The Morgan fingerprint density at radius 3 is 2.48 bits per heavy atom. The number of carbonyl (C=O) groups is 3. The van der Waals surface area contributed by atoms with Gasteiger partial charge in [-0.05, 0) is 37.1 Å². The van der Waals surface area contributed by atoms with Crippen molar-refractivity contribution in [2.75, 3.05) is 36.5 Å². The second-order valence-electron chi connectivity index (χ2n) is 6.29. The van der Waals surface area contributed by atoms with Gasteiger partial charge in [-0.15, -0.1) is 0 Å². The molecule has 27 heavy (non-hydrogen) atoms. The van der Waals surface area contributed by atoms with Gasteiger partial charge in [0.1, 0.15) is 12.6 Å². The van der Waals surface area contributed by atoms with Crippen LogP contribution in [0.5, 0.6) is 0 Å². The highest BCUT2D eigenvalue weighted by atomic mass is 19.4. The Labute approximate surface area is 153 Å². The molecule has 1 aromatic rings. The van der Waals surface area contributed by atoms with Crippen molar-refractivity contribution in [2.24, 2.45) is 0 Å². The van der Waals surface area contributed by atoms with E-state index in [0.717, 1.165) is 0 Å². The van der Waals surface area contributed by atoms with Crippen LogP contribution in [0, 0.1) is 0 Å². The topological polar surface area (TPSA) is 79.0 Å². The van der Waals surface area contributed by atoms with Crippen LogP contribution in [0.1, 0.15) is 12.8 Å². The number of hydrogen-bond acceptors (Lipinski definition) is 4. The SMILES string of the molecule is O=C(Nc1ccc(N2CCOCC2=O)cc1)C1CCCN1C(=O)C(F)(F)F. The smallest absolute Gasteiger partial charge is 0.370 e. The molecule has 2 aliphatic rings. The molecule has 0 aromatic heterocycles. The van der Waals surface area contributed by atoms with Gasteiger partial charge < -0.3 is 19.9 Å². The fourth-order valence-corrected chi connectivity index (χ4v) is 3.19. The number of morpholine rings is 1. The Balaban J connectivity index is 1.65. The summed E-state index contributed by atoms with van der Waals surface area (Å²) in [6.07, 6.45) is -4.50. The number of carbonyl (C=O) groups excluding carboxylic acids is 3. The number of alkyl halides is 3. The maximum atomic E-state index is 12.7. The molecular formula is C17H18F3N3O4. The van der Waals surface area contributed by atoms with Crippen molar-refractivity contribution in [3.05, 3.63) is 24.3 Å². The Hall–Kier alpha value is -2.62. The summed E-state index contributed by atoms with van der Waals surface area (Å²) < 4.78 is 43.0. The van der Waals surface area contributed by atoms with Gasteiger partial charge in [-0.25, -0.2) is 0 Å². The number of nitrogens with zero attached hydrogens (tertiary/aromatic N) is 2. The Kier molecular flexibility index (Phi) is 5.36. The first-order valence-electron chi connectivity index (χ1n) is 8.44. The Morgan fingerprint density at radius 1 is 1.15 bits per heavy atom. The predicted octanol–water partition coefficient (Wildman–Crippen LogP) is 1.54. The van der Waals surface area contributed by atoms with E-state index in [4.69, 9.17) is 4.74 Å². The summed E-state index contributed by atoms with van der Waals surface area (Å²) in [5.74, 6) is -2.84. The molecule has 3 rings (SSSR count). The molecular weight excluding hydrogens is 367 g/mol. The number of halogens is 3. The number of hydrogen-bond donors (Lipinski definition) is 1. The van der Waals surface area contributed by atoms with Crippen LogP contribution in [0.2, 0.25) is 0 Å². The second kappa shape index (κ2) is 7.55. The van der Waals surface area contributed by atoms with Crippen molar-refractivity contribution in [3.63, 3.8) is 0 Å². The van der Waals surface area contributed by atoms with E-state index in [2.05, 4.69) is 5.32 Å². The lowest BCUT2D eigenvalue weighted by Crippen LogP contribution is -2.48. The average molecular weight is 385 g/mol. The standard InChI is InChI=1S/C17H18F3N3O4/c18-17(19,20)16(26)23-7-1-2-13(23)15(25)21-11-3-5-12(6-4-11)22-8-9-27-10-14(22)24/h3-6,13H,1-2,7-10H2,(H,21,25). The molecule has 0 radical (unpaired) electrons. The number of amides is 3. The van der Waals surface area contributed by atoms with Crippen LogP contribution in [-0.4, -0.2) is 61.1 Å². The molecule has 146 valence electrons. The number of nitrogens with one attached hydrogen (secondary N) is 1. The average Bonchev–Trinajstić information content (AvgIpc) is 3.11. The lowest BCUT2D eigenvalue weighted by atomic mass is 10.2. The fraction of sp³-hybridized carbons (Fsp3) is 0.471. The van der Waals surface area contributed by atoms with Gasteiger partial charge in [0.25, 0.3) is 5.91 Å². The summed E-state index contributed by atoms with van der Waals surface area (Å²) in [5.41, 5.74) is 1.01. The monoisotopic (exact) mass is 385 g/mol. The molecule has 1 aromatic carbocycles. The minimum absolute atomic E-state index is 0.00321. The quantitative estimate of drug-likeness (QED) is 0.856. The minimum atomic E-state index is -5.00. The normalized spacial score (nSPS) is 20.7. The molecule has 2 aliphatic heterocycles. The van der Waals surface area contributed by atoms with Crippen LogP contribution in [-0.2, 0) is 19.1 Å². The van der Waals surface area contributed by atoms with Crippen molar-refractivity contribution >= 4 is 29.1 Å². The van der Waals surface area contributed by atoms with Gasteiger partial charge >= 0.3 is 12.1 Å². The number of anilines is 2. The first kappa shape index (κ1) is 19.2. The lowest BCUT2D eigenvalue weighted by molar-refractivity contribution is -0.186. The molecule has 1 atom stereocenters. The summed E-state index contributed by atoms with van der Waals surface area (Å²) in [6.45, 7) is 0.744. The summed E-state index contributed by atoms with van der Waals surface area (Å²) in [5, 5.41) is 2.53. The van der Waals surface area contributed by atoms with E-state index in [9.17, 15) is 27.6 Å². The van der Waals surface area contributed by atoms with Crippen molar-refractivity contribution in [3.8, 4) is 0 Å². The van der Waals surface area contributed by atoms with Gasteiger partial charge in [0.2, 0.25) is 5.91 Å². The van der Waals surface area contributed by atoms with Crippen LogP contribution in [0.25, 0.3) is 0 Å². The van der Waals surface area contributed by atoms with Gasteiger partial charge in [0.05, 0.1) is 6.61 Å². The molecule has 2 heterocycles. The predicted molar refractivity (Wildman–Crippen MR) is 89.0 cm³/mol. The largest absolute Gasteiger partial charge is 0.471 e. The van der Waals surface area contributed by atoms with Gasteiger partial charge in [-0.2, -0.15) is 13.2 Å². The molecule has 2 saturated heterocycles. The van der Waals surface area contributed by atoms with Gasteiger partial charge in [0, 0.05) is 24.5 Å². The van der Waals surface area contributed by atoms with E-state index in [1.165, 1.54) is 0 Å². The van der Waals surface area contributed by atoms with Crippen LogP contribution in [0.3, 0.4) is 0 Å². The molecule has 7 nitrogen and oxygen atoms in total. The van der Waals surface area contributed by atoms with E-state index in [1.54, 1.807) is 29.2 Å². The van der Waals surface area contributed by atoms with Gasteiger partial charge in [-0.1, -0.05) is 0 Å². The third-order valence-electron chi connectivity index (χ3n) is 4.49. The summed E-state index contributed by atoms with van der Waals surface area (Å²) >= 11 is 0. The second-order valence-corrected chi connectivity index (χ2v) is 6.29. The highest BCUT2D eigenvalue weighted by Crippen LogP contribution is 2.27. The van der Waals surface area contributed by atoms with E-state index in [-0.39, 0.29) is 25.5 Å². The Morgan fingerprint density at radius 2 is 1.85 bits per heavy atom. The van der Waals surface area contributed by atoms with E-state index in [0.29, 0.717) is 35.8 Å². The molecule has 1 N–H and O–H groups in total. The van der Waals surface area contributed by atoms with Crippen LogP contribution < -0.4 is 10.2 Å². The summed E-state index contributed by atoms with van der Waals surface area (Å²) in [6, 6.07) is 5.22. The van der Waals surface area contributed by atoms with Crippen molar-refractivity contribution in [2.45, 2.75) is 25.1 Å². The van der Waals surface area contributed by atoms with Gasteiger partial charge in [-0.3, -0.25) is 14.4 Å². The molecule has 0 saturated carbocycles. The number of likely N-dealkylation sites (tertiary alicyclic amines) is 1. The van der Waals surface area contributed by atoms with Crippen molar-refractivity contribution < 1.29 is 32.3 Å². The van der Waals surface area contributed by atoms with Crippen LogP contribution in [0.15, 0.2) is 24.3 Å². The van der Waals surface area contributed by atoms with Crippen molar-refractivity contribution in [1.29, 1.82) is 0 Å². The molecule has 0 spiro atoms. The zero-order chi connectivity index (χ0) is 19.6. The minimum Gasteiger partial charge on any atom is -0.370 e. The van der Waals surface area contributed by atoms with E-state index in [1.807, 2.05) is 0 Å². The molecule has 3 amide bonds. The van der Waals surface area contributed by atoms with E-state index < -0.39 is 24.0 Å². The third kappa shape index (κ3) is 4.21. The maximum absolute atomic E-state index is 12.7. The molecule has 2 fully saturated rings. The van der Waals surface area contributed by atoms with E-state index >= 15 is 0 Å². The third-order valence-corrected chi connectivity index (χ3v) is 4.49. The zero-order valence-electron chi connectivity index (χ0n) is 14.3. The number of ether oxygens (including phenoxy) is 1. The lowest BCUT2D eigenvalue weighted by Gasteiger charge is -2.27. The summed E-state index contributed by atoms with van der Waals surface area (Å²) in [4.78, 5) is 37.7. The van der Waals surface area contributed by atoms with Crippen LogP contribution in [0.4, 0.5) is 24.5 Å². The molecule has 1 unspecified atom stereocenters. The van der Waals surface area contributed by atoms with Gasteiger partial charge in [0.15, 0.2) is 0 Å². The molecule has 10 heteroatoms. The van der Waals surface area contributed by atoms with Crippen molar-refractivity contribution in [1.82, 2.24) is 4.90 Å². The number of benzene rings is 1. The Bertz CT molecular complexity index is 736. The highest BCUT2D eigenvalue weighted by Gasteiger charge is 2.47. The number of rotatable bonds is 3. The first-order valence-corrected chi connectivity index (χ1v) is 8.44.